The van der Waals surface area contributed by atoms with E-state index < -0.39 is 0 Å². The fourth-order valence-electron chi connectivity index (χ4n) is 4.23. The van der Waals surface area contributed by atoms with Crippen LogP contribution in [0.2, 0.25) is 0 Å². The molecule has 5 rings (SSSR count). The first-order chi connectivity index (χ1) is 15.6. The topological polar surface area (TPSA) is 126 Å². The molecular formula is C22H21N7O3. The number of H-pyrrole nitrogens is 1. The number of likely N-dealkylation sites (tertiary alicyclic amines) is 1. The summed E-state index contributed by atoms with van der Waals surface area (Å²) in [6.45, 7) is 0.925. The highest BCUT2D eigenvalue weighted by Gasteiger charge is 2.26. The molecule has 0 aliphatic carbocycles. The van der Waals surface area contributed by atoms with Crippen LogP contribution in [-0.2, 0) is 4.79 Å². The van der Waals surface area contributed by atoms with Crippen LogP contribution in [0.25, 0.3) is 22.2 Å². The van der Waals surface area contributed by atoms with Crippen molar-refractivity contribution in [3.8, 4) is 0 Å². The van der Waals surface area contributed by atoms with Crippen molar-refractivity contribution in [2.24, 2.45) is 0 Å². The summed E-state index contributed by atoms with van der Waals surface area (Å²) in [6.07, 6.45) is 6.05. The van der Waals surface area contributed by atoms with Crippen LogP contribution in [0.15, 0.2) is 53.7 Å². The lowest BCUT2D eigenvalue weighted by Crippen LogP contribution is -2.45. The molecule has 1 aliphatic heterocycles. The predicted molar refractivity (Wildman–Crippen MR) is 117 cm³/mol. The van der Waals surface area contributed by atoms with Crippen LogP contribution in [0, 0.1) is 0 Å². The fraction of sp³-hybridized carbons (Fsp3) is 0.273. The van der Waals surface area contributed by atoms with Gasteiger partial charge in [0.1, 0.15) is 5.52 Å². The molecule has 162 valence electrons. The second-order valence-corrected chi connectivity index (χ2v) is 7.70. The van der Waals surface area contributed by atoms with Gasteiger partial charge < -0.3 is 10.2 Å². The Kier molecular flexibility index (Phi) is 5.10. The number of para-hydroxylation sites is 1. The molecule has 1 aromatic carbocycles. The predicted octanol–water partition coefficient (Wildman–Crippen LogP) is 1.26. The Labute approximate surface area is 182 Å². The summed E-state index contributed by atoms with van der Waals surface area (Å²) in [5.74, 6) is -0.520. The van der Waals surface area contributed by atoms with Gasteiger partial charge in [-0.2, -0.15) is 0 Å². The first-order valence-electron chi connectivity index (χ1n) is 10.4. The third-order valence-corrected chi connectivity index (χ3v) is 5.82. The summed E-state index contributed by atoms with van der Waals surface area (Å²) >= 11 is 0. The number of aromatic nitrogens is 5. The third-order valence-electron chi connectivity index (χ3n) is 5.82. The number of nitrogens with one attached hydrogen (secondary N) is 2. The highest BCUT2D eigenvalue weighted by molar-refractivity contribution is 6.05. The van der Waals surface area contributed by atoms with Gasteiger partial charge in [-0.05, 0) is 37.1 Å². The van der Waals surface area contributed by atoms with Gasteiger partial charge in [-0.3, -0.25) is 29.1 Å². The Hall–Kier alpha value is -4.08. The summed E-state index contributed by atoms with van der Waals surface area (Å²) < 4.78 is 1.73. The van der Waals surface area contributed by atoms with Gasteiger partial charge in [0.2, 0.25) is 5.91 Å². The van der Waals surface area contributed by atoms with E-state index in [4.69, 9.17) is 0 Å². The summed E-state index contributed by atoms with van der Waals surface area (Å²) in [4.78, 5) is 54.8. The van der Waals surface area contributed by atoms with E-state index in [-0.39, 0.29) is 30.1 Å². The van der Waals surface area contributed by atoms with Gasteiger partial charge in [0, 0.05) is 37.7 Å². The molecule has 4 heterocycles. The zero-order chi connectivity index (χ0) is 22.1. The summed E-state index contributed by atoms with van der Waals surface area (Å²) in [5, 5.41) is 2.69. The monoisotopic (exact) mass is 431 g/mol. The molecule has 1 fully saturated rings. The van der Waals surface area contributed by atoms with Crippen molar-refractivity contribution in [2.75, 3.05) is 19.6 Å². The molecule has 32 heavy (non-hydrogen) atoms. The van der Waals surface area contributed by atoms with Crippen LogP contribution in [-0.4, -0.2) is 60.9 Å². The lowest BCUT2D eigenvalue weighted by molar-refractivity contribution is -0.131. The Morgan fingerprint density at radius 3 is 2.69 bits per heavy atom. The summed E-state index contributed by atoms with van der Waals surface area (Å²) in [7, 11) is 0. The van der Waals surface area contributed by atoms with Gasteiger partial charge in [0.15, 0.2) is 5.65 Å². The van der Waals surface area contributed by atoms with Crippen LogP contribution >= 0.6 is 0 Å². The summed E-state index contributed by atoms with van der Waals surface area (Å²) in [6, 6.07) is 8.84. The van der Waals surface area contributed by atoms with Crippen LogP contribution < -0.4 is 11.0 Å². The molecule has 4 aromatic rings. The number of carbonyl (C=O) groups excluding carboxylic acids is 2. The van der Waals surface area contributed by atoms with E-state index >= 15 is 0 Å². The average molecular weight is 431 g/mol. The molecule has 0 spiro atoms. The molecule has 1 saturated heterocycles. The number of carbonyl (C=O) groups is 2. The minimum atomic E-state index is -0.364. The van der Waals surface area contributed by atoms with Crippen LogP contribution in [0.1, 0.15) is 29.2 Å². The van der Waals surface area contributed by atoms with E-state index in [0.717, 1.165) is 5.52 Å². The second-order valence-electron chi connectivity index (χ2n) is 7.70. The first-order valence-corrected chi connectivity index (χ1v) is 10.4. The van der Waals surface area contributed by atoms with Crippen molar-refractivity contribution in [2.45, 2.75) is 18.9 Å². The van der Waals surface area contributed by atoms with E-state index in [1.54, 1.807) is 46.1 Å². The van der Waals surface area contributed by atoms with Crippen molar-refractivity contribution < 1.29 is 9.59 Å². The maximum atomic E-state index is 12.7. The maximum absolute atomic E-state index is 12.7. The number of pyridine rings is 1. The number of rotatable bonds is 4. The van der Waals surface area contributed by atoms with Crippen molar-refractivity contribution in [3.05, 3.63) is 65.0 Å². The number of aromatic amines is 1. The number of amides is 2. The lowest BCUT2D eigenvalue weighted by atomic mass is 10.0. The number of hydrogen-bond acceptors (Lipinski definition) is 6. The van der Waals surface area contributed by atoms with E-state index in [1.807, 2.05) is 6.07 Å². The van der Waals surface area contributed by atoms with Gasteiger partial charge in [-0.1, -0.05) is 6.07 Å². The number of hydrogen-bond donors (Lipinski definition) is 2. The summed E-state index contributed by atoms with van der Waals surface area (Å²) in [5.41, 5.74) is 2.66. The number of piperidine rings is 1. The average Bonchev–Trinajstić information content (AvgIpc) is 3.17. The molecule has 2 amide bonds. The Morgan fingerprint density at radius 2 is 1.84 bits per heavy atom. The van der Waals surface area contributed by atoms with Gasteiger partial charge in [0.25, 0.3) is 5.91 Å². The zero-order valence-corrected chi connectivity index (χ0v) is 17.2. The number of benzene rings is 1. The number of imidazole rings is 1. The molecule has 3 aromatic heterocycles. The molecular weight excluding hydrogens is 410 g/mol. The second kappa shape index (κ2) is 8.22. The highest BCUT2D eigenvalue weighted by Crippen LogP contribution is 2.24. The lowest BCUT2D eigenvalue weighted by Gasteiger charge is -2.32. The van der Waals surface area contributed by atoms with E-state index in [1.165, 1.54) is 6.20 Å². The number of fused-ring (bicyclic) bond motifs is 2. The fourth-order valence-corrected chi connectivity index (χ4v) is 4.23. The van der Waals surface area contributed by atoms with Crippen molar-refractivity contribution >= 4 is 34.0 Å². The third kappa shape index (κ3) is 3.59. The van der Waals surface area contributed by atoms with E-state index in [9.17, 15) is 14.4 Å². The van der Waals surface area contributed by atoms with Gasteiger partial charge in [-0.15, -0.1) is 0 Å². The SMILES string of the molecule is O=C(NCC(=O)N1CCC(n2c(=O)[nH]c3ncccc32)CC1)c1cccc2nccnc12. The van der Waals surface area contributed by atoms with Crippen molar-refractivity contribution in [1.29, 1.82) is 0 Å². The highest BCUT2D eigenvalue weighted by atomic mass is 16.2. The molecule has 0 bridgehead atoms. The van der Waals surface area contributed by atoms with E-state index in [2.05, 4.69) is 25.3 Å². The smallest absolute Gasteiger partial charge is 0.327 e. The zero-order valence-electron chi connectivity index (χ0n) is 17.2. The van der Waals surface area contributed by atoms with Crippen LogP contribution in [0.3, 0.4) is 0 Å². The molecule has 0 saturated carbocycles. The van der Waals surface area contributed by atoms with E-state index in [0.29, 0.717) is 48.2 Å². The maximum Gasteiger partial charge on any atom is 0.327 e. The minimum Gasteiger partial charge on any atom is -0.343 e. The molecule has 2 N–H and O–H groups in total. The molecule has 0 atom stereocenters. The molecule has 10 heteroatoms. The standard InChI is InChI=1S/C22H21N7O3/c30-18(13-26-21(31)15-3-1-4-16-19(15)24-10-9-23-16)28-11-6-14(7-12-28)29-17-5-2-8-25-20(17)27-22(29)32/h1-5,8-10,14H,6-7,11-13H2,(H,26,31)(H,25,27,32). The van der Waals surface area contributed by atoms with Crippen molar-refractivity contribution in [3.63, 3.8) is 0 Å². The molecule has 0 unspecified atom stereocenters. The molecule has 0 radical (unpaired) electrons. The first kappa shape index (κ1) is 19.9. The minimum absolute atomic E-state index is 0.00616. The number of nitrogens with zero attached hydrogens (tertiary/aromatic N) is 5. The van der Waals surface area contributed by atoms with Gasteiger partial charge >= 0.3 is 5.69 Å². The Balaban J connectivity index is 1.21. The van der Waals surface area contributed by atoms with Crippen molar-refractivity contribution in [1.82, 2.24) is 34.7 Å². The van der Waals surface area contributed by atoms with Crippen LogP contribution in [0.4, 0.5) is 0 Å². The largest absolute Gasteiger partial charge is 0.343 e. The van der Waals surface area contributed by atoms with Gasteiger partial charge in [0.05, 0.1) is 23.1 Å². The Bertz CT molecular complexity index is 1360. The Morgan fingerprint density at radius 1 is 1.03 bits per heavy atom. The normalized spacial score (nSPS) is 14.7. The quantitative estimate of drug-likeness (QED) is 0.501. The molecule has 10 nitrogen and oxygen atoms in total. The van der Waals surface area contributed by atoms with Crippen LogP contribution in [0.5, 0.6) is 0 Å². The van der Waals surface area contributed by atoms with Gasteiger partial charge in [-0.25, -0.2) is 9.78 Å². The molecule has 1 aliphatic rings.